The fourth-order valence-corrected chi connectivity index (χ4v) is 10.1. The number of amides is 1. The zero-order valence-electron chi connectivity index (χ0n) is 35.4. The van der Waals surface area contributed by atoms with Crippen molar-refractivity contribution >= 4 is 54.7 Å². The van der Waals surface area contributed by atoms with Crippen molar-refractivity contribution in [2.24, 2.45) is 10.8 Å². The van der Waals surface area contributed by atoms with Crippen LogP contribution in [0.4, 0.5) is 0 Å². The molecule has 0 bridgehead atoms. The molecule has 0 radical (unpaired) electrons. The van der Waals surface area contributed by atoms with Gasteiger partial charge in [-0.1, -0.05) is 110 Å². The third kappa shape index (κ3) is 16.4. The van der Waals surface area contributed by atoms with Crippen LogP contribution in [0.15, 0.2) is 48.5 Å². The Hall–Kier alpha value is -3.36. The molecule has 2 aliphatic rings. The molecule has 2 unspecified atom stereocenters. The predicted octanol–water partition coefficient (Wildman–Crippen LogP) is 6.74. The van der Waals surface area contributed by atoms with Crippen LogP contribution in [-0.2, 0) is 56.4 Å². The van der Waals surface area contributed by atoms with E-state index >= 15 is 0 Å². The summed E-state index contributed by atoms with van der Waals surface area (Å²) >= 11 is 5.79. The number of hydrogen-bond acceptors (Lipinski definition) is 10. The van der Waals surface area contributed by atoms with E-state index < -0.39 is 43.1 Å². The number of esters is 2. The predicted molar refractivity (Wildman–Crippen MR) is 234 cm³/mol. The minimum Gasteiger partial charge on any atom is -0.467 e. The first kappa shape index (κ1) is 49.0. The number of nitrogens with one attached hydrogen (secondary N) is 2. The van der Waals surface area contributed by atoms with Crippen LogP contribution in [0.3, 0.4) is 0 Å². The highest BCUT2D eigenvalue weighted by molar-refractivity contribution is 7.90. The first-order valence-corrected chi connectivity index (χ1v) is 25.1. The van der Waals surface area contributed by atoms with Crippen molar-refractivity contribution in [2.75, 3.05) is 38.2 Å². The van der Waals surface area contributed by atoms with Gasteiger partial charge in [-0.2, -0.15) is 0 Å². The van der Waals surface area contributed by atoms with E-state index in [0.717, 1.165) is 85.9 Å². The molecule has 2 saturated carbocycles. The number of benzene rings is 2. The molecule has 1 amide bonds. The van der Waals surface area contributed by atoms with Crippen LogP contribution in [0.2, 0.25) is 0 Å². The van der Waals surface area contributed by atoms with E-state index in [0.29, 0.717) is 38.5 Å². The number of carbonyl (C=O) groups excluding carboxylic acids is 3. The van der Waals surface area contributed by atoms with Gasteiger partial charge in [-0.25, -0.2) is 26.4 Å². The average Bonchev–Trinajstić information content (AvgIpc) is 3.87. The normalized spacial score (nSPS) is 16.9. The fraction of sp³-hybridized carbons (Fsp3) is 0.636. The number of sulfone groups is 2. The monoisotopic (exact) mass is 862 g/mol. The molecule has 0 aromatic heterocycles. The van der Waals surface area contributed by atoms with Gasteiger partial charge in [0.2, 0.25) is 5.91 Å². The third-order valence-corrected chi connectivity index (χ3v) is 14.2. The summed E-state index contributed by atoms with van der Waals surface area (Å²) in [5.74, 6) is -0.538. The van der Waals surface area contributed by atoms with Gasteiger partial charge in [0, 0.05) is 47.7 Å². The summed E-state index contributed by atoms with van der Waals surface area (Å²) in [5, 5.41) is 6.25. The Labute approximate surface area is 353 Å². The molecule has 4 rings (SSSR count). The Balaban J connectivity index is 0.000000310. The molecule has 2 aromatic rings. The van der Waals surface area contributed by atoms with Crippen molar-refractivity contribution in [3.63, 3.8) is 0 Å². The molecule has 0 saturated heterocycles. The molecule has 324 valence electrons. The summed E-state index contributed by atoms with van der Waals surface area (Å²) in [7, 11) is -3.21. The van der Waals surface area contributed by atoms with E-state index in [4.69, 9.17) is 21.7 Å². The van der Waals surface area contributed by atoms with Crippen molar-refractivity contribution in [1.82, 2.24) is 10.6 Å². The minimum absolute atomic E-state index is 0.114. The van der Waals surface area contributed by atoms with Gasteiger partial charge in [0.1, 0.15) is 31.8 Å². The molecule has 0 spiro atoms. The number of thiocarbonyl (C=S) groups is 1. The minimum atomic E-state index is -2.99. The number of aryl methyl sites for hydroxylation is 2. The first-order valence-electron chi connectivity index (χ1n) is 20.5. The number of methoxy groups -OCH3 is 2. The van der Waals surface area contributed by atoms with E-state index in [9.17, 15) is 31.2 Å². The fourth-order valence-electron chi connectivity index (χ4n) is 8.15. The summed E-state index contributed by atoms with van der Waals surface area (Å²) in [5.41, 5.74) is 3.65. The quantitative estimate of drug-likeness (QED) is 0.0824. The molecule has 58 heavy (non-hydrogen) atoms. The number of carbonyl (C=O) groups is 3. The molecule has 0 aliphatic heterocycles. The Morgan fingerprint density at radius 3 is 1.36 bits per heavy atom. The van der Waals surface area contributed by atoms with Gasteiger partial charge in [-0.15, -0.1) is 0 Å². The molecule has 0 heterocycles. The summed E-state index contributed by atoms with van der Waals surface area (Å²) < 4.78 is 55.4. The van der Waals surface area contributed by atoms with Gasteiger partial charge >= 0.3 is 11.9 Å². The van der Waals surface area contributed by atoms with Crippen LogP contribution in [0.25, 0.3) is 0 Å². The lowest BCUT2D eigenvalue weighted by atomic mass is 9.80. The van der Waals surface area contributed by atoms with Crippen molar-refractivity contribution in [1.29, 1.82) is 0 Å². The van der Waals surface area contributed by atoms with E-state index in [2.05, 4.69) is 10.6 Å². The second-order valence-electron chi connectivity index (χ2n) is 16.6. The van der Waals surface area contributed by atoms with Gasteiger partial charge in [0.05, 0.1) is 19.2 Å². The maximum absolute atomic E-state index is 13.2. The molecule has 2 aliphatic carbocycles. The highest BCUT2D eigenvalue weighted by Gasteiger charge is 2.42. The van der Waals surface area contributed by atoms with Gasteiger partial charge in [-0.3, -0.25) is 4.79 Å². The van der Waals surface area contributed by atoms with Crippen LogP contribution in [0.1, 0.15) is 112 Å². The van der Waals surface area contributed by atoms with Crippen molar-refractivity contribution in [2.45, 2.75) is 129 Å². The highest BCUT2D eigenvalue weighted by Crippen LogP contribution is 2.44. The molecule has 2 fully saturated rings. The molecule has 2 atom stereocenters. The average molecular weight is 863 g/mol. The van der Waals surface area contributed by atoms with Crippen LogP contribution in [-0.4, -0.2) is 90.0 Å². The van der Waals surface area contributed by atoms with E-state index in [1.54, 1.807) is 0 Å². The van der Waals surface area contributed by atoms with Crippen molar-refractivity contribution in [3.05, 3.63) is 70.8 Å². The summed E-state index contributed by atoms with van der Waals surface area (Å²) in [6.45, 7) is 4.03. The Morgan fingerprint density at radius 1 is 0.621 bits per heavy atom. The molecule has 11 nitrogen and oxygen atoms in total. The maximum Gasteiger partial charge on any atom is 0.328 e. The second kappa shape index (κ2) is 22.9. The maximum atomic E-state index is 13.2. The van der Waals surface area contributed by atoms with Crippen LogP contribution in [0.5, 0.6) is 0 Å². The van der Waals surface area contributed by atoms with Gasteiger partial charge in [0.15, 0.2) is 0 Å². The molecule has 14 heteroatoms. The second-order valence-corrected chi connectivity index (χ2v) is 21.6. The molecule has 2 aromatic carbocycles. The lowest BCUT2D eigenvalue weighted by Crippen LogP contribution is -2.49. The number of ether oxygens (including phenoxy) is 2. The molecular formula is C44H66N2O9S3. The van der Waals surface area contributed by atoms with Crippen LogP contribution < -0.4 is 10.6 Å². The summed E-state index contributed by atoms with van der Waals surface area (Å²) in [6, 6.07) is 14.7. The van der Waals surface area contributed by atoms with Crippen LogP contribution in [0, 0.1) is 24.7 Å². The van der Waals surface area contributed by atoms with Gasteiger partial charge < -0.3 is 20.1 Å². The molecule has 2 N–H and O–H groups in total. The number of hydrogen-bond donors (Lipinski definition) is 2. The summed E-state index contributed by atoms with van der Waals surface area (Å²) in [4.78, 5) is 38.6. The lowest BCUT2D eigenvalue weighted by molar-refractivity contribution is -0.146. The van der Waals surface area contributed by atoms with E-state index in [1.807, 2.05) is 62.4 Å². The summed E-state index contributed by atoms with van der Waals surface area (Å²) in [6.07, 6.45) is 15.3. The number of rotatable bonds is 20. The SMILES string of the molecule is COC(=O)C(Cc1ccc(C)cc1)NC(=O)C1(CCCCS(C)(=O)=O)CCCC1.COC(=O)C(Cc1ccc(C)cc1)NC(=S)C1(CCCCS(C)(=O)=O)CCCC1. The van der Waals surface area contributed by atoms with Crippen molar-refractivity contribution in [3.8, 4) is 0 Å². The standard InChI is InChI=1S/C22H33NO5S.C22H33NO4S2/c1-17-8-10-18(11-9-17)16-19(20(24)28-2)23-21(25)22(12-4-5-13-22)14-6-7-15-29(3,26)27;1-17-8-10-18(11-9-17)16-19(20(24)27-2)23-21(28)22(12-4-5-13-22)14-6-7-15-29(3,25)26/h8-11,19H,4-7,12-16H2,1-3H3,(H,23,25);8-11,19H,4-7,12-16H2,1-3H3,(H,23,28). The van der Waals surface area contributed by atoms with Crippen LogP contribution >= 0.6 is 12.2 Å². The third-order valence-electron chi connectivity index (χ3n) is 11.6. The zero-order chi connectivity index (χ0) is 43.0. The largest absolute Gasteiger partial charge is 0.467 e. The smallest absolute Gasteiger partial charge is 0.328 e. The van der Waals surface area contributed by atoms with E-state index in [1.165, 1.54) is 32.3 Å². The molecular weight excluding hydrogens is 797 g/mol. The van der Waals surface area contributed by atoms with Gasteiger partial charge in [0.25, 0.3) is 0 Å². The lowest BCUT2D eigenvalue weighted by Gasteiger charge is -2.32. The first-order chi connectivity index (χ1) is 27.3. The Bertz CT molecular complexity index is 1730. The Morgan fingerprint density at radius 2 is 0.983 bits per heavy atom. The van der Waals surface area contributed by atoms with Gasteiger partial charge in [-0.05, 0) is 76.3 Å². The Kier molecular flexibility index (Phi) is 19.3. The highest BCUT2D eigenvalue weighted by atomic mass is 32.2. The van der Waals surface area contributed by atoms with E-state index in [-0.39, 0.29) is 28.8 Å². The topological polar surface area (TPSA) is 162 Å². The number of unbranched alkanes of at least 4 members (excludes halogenated alkanes) is 2. The van der Waals surface area contributed by atoms with Crippen molar-refractivity contribution < 1.29 is 40.7 Å². The zero-order valence-corrected chi connectivity index (χ0v) is 37.8.